The Morgan fingerprint density at radius 2 is 1.60 bits per heavy atom. The summed E-state index contributed by atoms with van der Waals surface area (Å²) < 4.78 is 32.0. The standard InChI is InChI=1S/C24H31N3O6S.CH4/c1-24(2,22(23(29)26-30)25-21(28)16-27-14-6-7-15-27)17-34(31,32)20-12-10-19(11-13-20)33-18-8-4-3-5-9-18;/h3-5,8-13,22,30H,6-7,14-17H2,1-2H3,(H,25,28)(H,26,29);1H4/t22-;/m1./s1. The fourth-order valence-corrected chi connectivity index (χ4v) is 5.89. The number of rotatable bonds is 10. The van der Waals surface area contributed by atoms with Crippen LogP contribution in [0, 0.1) is 5.41 Å². The third-order valence-corrected chi connectivity index (χ3v) is 7.86. The molecule has 0 spiro atoms. The number of nitrogens with zero attached hydrogens (tertiary/aromatic N) is 1. The Hall–Kier alpha value is -2.95. The van der Waals surface area contributed by atoms with Crippen molar-refractivity contribution in [2.45, 2.75) is 45.1 Å². The van der Waals surface area contributed by atoms with Crippen molar-refractivity contribution in [2.24, 2.45) is 5.41 Å². The molecule has 1 fully saturated rings. The van der Waals surface area contributed by atoms with E-state index in [9.17, 15) is 23.2 Å². The number of para-hydroxylation sites is 1. The molecule has 10 heteroatoms. The number of ether oxygens (including phenoxy) is 1. The van der Waals surface area contributed by atoms with E-state index < -0.39 is 38.9 Å². The van der Waals surface area contributed by atoms with Crippen molar-refractivity contribution in [3.8, 4) is 11.5 Å². The Morgan fingerprint density at radius 1 is 1.03 bits per heavy atom. The average Bonchev–Trinajstić information content (AvgIpc) is 3.30. The number of hydroxylamine groups is 1. The highest BCUT2D eigenvalue weighted by atomic mass is 32.2. The molecule has 2 amide bonds. The second-order valence-electron chi connectivity index (χ2n) is 9.09. The zero-order valence-electron chi connectivity index (χ0n) is 19.4. The highest BCUT2D eigenvalue weighted by molar-refractivity contribution is 7.91. The number of hydrogen-bond donors (Lipinski definition) is 3. The molecule has 2 aromatic carbocycles. The smallest absolute Gasteiger partial charge is 0.266 e. The van der Waals surface area contributed by atoms with Crippen molar-refractivity contribution >= 4 is 21.7 Å². The largest absolute Gasteiger partial charge is 0.457 e. The first kappa shape index (κ1) is 28.3. The summed E-state index contributed by atoms with van der Waals surface area (Å²) in [6.07, 6.45) is 2.01. The van der Waals surface area contributed by atoms with Crippen LogP contribution < -0.4 is 15.5 Å². The Labute approximate surface area is 207 Å². The van der Waals surface area contributed by atoms with E-state index in [4.69, 9.17) is 4.74 Å². The molecule has 3 rings (SSSR count). The van der Waals surface area contributed by atoms with Crippen LogP contribution >= 0.6 is 0 Å². The molecule has 0 radical (unpaired) electrons. The highest BCUT2D eigenvalue weighted by Gasteiger charge is 2.40. The molecule has 1 heterocycles. The van der Waals surface area contributed by atoms with Gasteiger partial charge in [0.1, 0.15) is 17.5 Å². The summed E-state index contributed by atoms with van der Waals surface area (Å²) in [6.45, 7) is 4.83. The molecule has 9 nitrogen and oxygen atoms in total. The summed E-state index contributed by atoms with van der Waals surface area (Å²) in [5.74, 6) is -0.594. The van der Waals surface area contributed by atoms with Gasteiger partial charge in [0.25, 0.3) is 5.91 Å². The fraction of sp³-hybridized carbons (Fsp3) is 0.440. The number of carbonyl (C=O) groups is 2. The van der Waals surface area contributed by atoms with Gasteiger partial charge >= 0.3 is 0 Å². The normalized spacial score (nSPS) is 15.1. The number of nitrogens with one attached hydrogen (secondary N) is 2. The molecule has 1 saturated heterocycles. The molecular formula is C25H35N3O6S. The first-order valence-corrected chi connectivity index (χ1v) is 12.8. The van der Waals surface area contributed by atoms with E-state index in [0.29, 0.717) is 11.5 Å². The number of carbonyl (C=O) groups excluding carboxylic acids is 2. The van der Waals surface area contributed by atoms with Crippen molar-refractivity contribution < 1.29 is 28.0 Å². The summed E-state index contributed by atoms with van der Waals surface area (Å²) in [4.78, 5) is 26.9. The zero-order valence-corrected chi connectivity index (χ0v) is 20.2. The van der Waals surface area contributed by atoms with E-state index in [1.807, 2.05) is 23.1 Å². The maximum absolute atomic E-state index is 13.1. The van der Waals surface area contributed by atoms with Gasteiger partial charge in [-0.05, 0) is 62.3 Å². The Bertz CT molecular complexity index is 1080. The van der Waals surface area contributed by atoms with E-state index >= 15 is 0 Å². The van der Waals surface area contributed by atoms with Crippen LogP contribution in [0.15, 0.2) is 59.5 Å². The minimum Gasteiger partial charge on any atom is -0.457 e. The third kappa shape index (κ3) is 7.78. The number of amides is 2. The zero-order chi connectivity index (χ0) is 24.8. The van der Waals surface area contributed by atoms with E-state index in [1.54, 1.807) is 43.6 Å². The monoisotopic (exact) mass is 505 g/mol. The van der Waals surface area contributed by atoms with Gasteiger partial charge in [-0.15, -0.1) is 0 Å². The second kappa shape index (κ2) is 12.1. The van der Waals surface area contributed by atoms with Gasteiger partial charge in [-0.3, -0.25) is 19.7 Å². The molecule has 0 unspecified atom stereocenters. The van der Waals surface area contributed by atoms with Crippen molar-refractivity contribution in [2.75, 3.05) is 25.4 Å². The van der Waals surface area contributed by atoms with Crippen molar-refractivity contribution in [3.05, 3.63) is 54.6 Å². The van der Waals surface area contributed by atoms with Crippen LogP contribution in [0.25, 0.3) is 0 Å². The van der Waals surface area contributed by atoms with Gasteiger partial charge in [0.05, 0.1) is 17.2 Å². The molecule has 0 saturated carbocycles. The maximum atomic E-state index is 13.1. The predicted octanol–water partition coefficient (Wildman–Crippen LogP) is 3.00. The van der Waals surface area contributed by atoms with Gasteiger partial charge in [0.2, 0.25) is 5.91 Å². The van der Waals surface area contributed by atoms with E-state index in [0.717, 1.165) is 25.9 Å². The lowest BCUT2D eigenvalue weighted by Gasteiger charge is -2.33. The summed E-state index contributed by atoms with van der Waals surface area (Å²) in [5, 5.41) is 11.8. The predicted molar refractivity (Wildman–Crippen MR) is 133 cm³/mol. The van der Waals surface area contributed by atoms with E-state index in [-0.39, 0.29) is 18.9 Å². The number of sulfone groups is 1. The van der Waals surface area contributed by atoms with Crippen LogP contribution in [0.3, 0.4) is 0 Å². The van der Waals surface area contributed by atoms with Crippen molar-refractivity contribution in [3.63, 3.8) is 0 Å². The molecule has 1 atom stereocenters. The first-order chi connectivity index (χ1) is 16.1. The average molecular weight is 506 g/mol. The van der Waals surface area contributed by atoms with Gasteiger partial charge in [-0.1, -0.05) is 39.5 Å². The van der Waals surface area contributed by atoms with Crippen LogP contribution in [0.5, 0.6) is 11.5 Å². The second-order valence-corrected chi connectivity index (χ2v) is 11.1. The molecule has 1 aliphatic heterocycles. The van der Waals surface area contributed by atoms with Gasteiger partial charge in [0.15, 0.2) is 9.84 Å². The van der Waals surface area contributed by atoms with Crippen LogP contribution in [0.2, 0.25) is 0 Å². The molecule has 0 aliphatic carbocycles. The van der Waals surface area contributed by atoms with Crippen LogP contribution in [0.1, 0.15) is 34.1 Å². The van der Waals surface area contributed by atoms with Gasteiger partial charge < -0.3 is 10.1 Å². The summed E-state index contributed by atoms with van der Waals surface area (Å²) in [6, 6.07) is 13.9. The SMILES string of the molecule is C.CC(C)(CS(=O)(=O)c1ccc(Oc2ccccc2)cc1)[C@H](NC(=O)CN1CCCC1)C(=O)NO. The van der Waals surface area contributed by atoms with E-state index in [2.05, 4.69) is 5.32 Å². The highest BCUT2D eigenvalue weighted by Crippen LogP contribution is 2.29. The van der Waals surface area contributed by atoms with E-state index in [1.165, 1.54) is 12.1 Å². The molecule has 2 aromatic rings. The lowest BCUT2D eigenvalue weighted by atomic mass is 9.86. The Kier molecular flexibility index (Phi) is 9.82. The van der Waals surface area contributed by atoms with Crippen LogP contribution in [-0.2, 0) is 19.4 Å². The van der Waals surface area contributed by atoms with Gasteiger partial charge in [-0.25, -0.2) is 13.9 Å². The summed E-state index contributed by atoms with van der Waals surface area (Å²) >= 11 is 0. The van der Waals surface area contributed by atoms with Crippen LogP contribution in [0.4, 0.5) is 0 Å². The quantitative estimate of drug-likeness (QED) is 0.335. The summed E-state index contributed by atoms with van der Waals surface area (Å²) in [7, 11) is -3.83. The number of hydrogen-bond acceptors (Lipinski definition) is 7. The van der Waals surface area contributed by atoms with Crippen molar-refractivity contribution in [1.29, 1.82) is 0 Å². The molecule has 0 aromatic heterocycles. The molecule has 192 valence electrons. The van der Waals surface area contributed by atoms with Crippen molar-refractivity contribution in [1.82, 2.24) is 15.7 Å². The van der Waals surface area contributed by atoms with Crippen LogP contribution in [-0.4, -0.2) is 61.8 Å². The minimum absolute atomic E-state index is 0. The lowest BCUT2D eigenvalue weighted by Crippen LogP contribution is -2.57. The van der Waals surface area contributed by atoms with Gasteiger partial charge in [-0.2, -0.15) is 0 Å². The number of likely N-dealkylation sites (tertiary alicyclic amines) is 1. The number of benzene rings is 2. The first-order valence-electron chi connectivity index (χ1n) is 11.1. The molecule has 1 aliphatic rings. The topological polar surface area (TPSA) is 125 Å². The molecule has 0 bridgehead atoms. The minimum atomic E-state index is -3.83. The fourth-order valence-electron chi connectivity index (χ4n) is 4.03. The summed E-state index contributed by atoms with van der Waals surface area (Å²) in [5.41, 5.74) is 0.331. The Balaban J connectivity index is 0.00000432. The maximum Gasteiger partial charge on any atom is 0.266 e. The molecular weight excluding hydrogens is 470 g/mol. The lowest BCUT2D eigenvalue weighted by molar-refractivity contribution is -0.137. The van der Waals surface area contributed by atoms with Gasteiger partial charge in [0, 0.05) is 5.41 Å². The Morgan fingerprint density at radius 3 is 2.17 bits per heavy atom. The molecule has 3 N–H and O–H groups in total. The molecule has 35 heavy (non-hydrogen) atoms. The third-order valence-electron chi connectivity index (χ3n) is 5.75.